The highest BCUT2D eigenvalue weighted by molar-refractivity contribution is 5.98. The van der Waals surface area contributed by atoms with Crippen LogP contribution in [0.15, 0.2) is 35.4 Å². The number of pyridine rings is 1. The molecular weight excluding hydrogens is 450 g/mol. The Morgan fingerprint density at radius 2 is 2.03 bits per heavy atom. The van der Waals surface area contributed by atoms with Gasteiger partial charge in [-0.3, -0.25) is 9.59 Å². The molecular formula is C24H33N7O4. The maximum atomic E-state index is 12.9. The van der Waals surface area contributed by atoms with Gasteiger partial charge in [0.25, 0.3) is 11.5 Å². The normalized spacial score (nSPS) is 18.5. The molecule has 5 rings (SSSR count). The zero-order valence-corrected chi connectivity index (χ0v) is 19.9. The van der Waals surface area contributed by atoms with Crippen molar-refractivity contribution in [2.45, 2.75) is 57.1 Å². The topological polar surface area (TPSA) is 149 Å². The number of amides is 1. The molecule has 1 aliphatic heterocycles. The largest absolute Gasteiger partial charge is 0.393 e. The molecule has 1 aliphatic carbocycles. The second-order valence-corrected chi connectivity index (χ2v) is 8.86. The van der Waals surface area contributed by atoms with Crippen LogP contribution in [0.4, 0.5) is 17.3 Å². The molecule has 4 heterocycles. The number of carbonyl (C=O) groups is 1. The van der Waals surface area contributed by atoms with E-state index >= 15 is 0 Å². The maximum absolute atomic E-state index is 12.9. The van der Waals surface area contributed by atoms with Crippen molar-refractivity contribution in [3.05, 3.63) is 46.5 Å². The highest BCUT2D eigenvalue weighted by atomic mass is 16.5. The van der Waals surface area contributed by atoms with E-state index in [-0.39, 0.29) is 23.3 Å². The van der Waals surface area contributed by atoms with Gasteiger partial charge in [0.2, 0.25) is 0 Å². The third-order valence-electron chi connectivity index (χ3n) is 6.33. The first-order valence-electron chi connectivity index (χ1n) is 12.1. The molecule has 1 unspecified atom stereocenters. The quantitative estimate of drug-likeness (QED) is 0.432. The van der Waals surface area contributed by atoms with Gasteiger partial charge in [0.05, 0.1) is 24.9 Å². The molecule has 0 bridgehead atoms. The van der Waals surface area contributed by atoms with Crippen molar-refractivity contribution in [3.8, 4) is 0 Å². The number of aliphatic hydroxyl groups excluding tert-OH is 1. The number of hydrogen-bond acceptors (Lipinski definition) is 8. The number of aliphatic hydroxyl groups is 1. The van der Waals surface area contributed by atoms with Crippen LogP contribution in [-0.2, 0) is 4.74 Å². The van der Waals surface area contributed by atoms with Crippen molar-refractivity contribution >= 4 is 28.9 Å². The van der Waals surface area contributed by atoms with Gasteiger partial charge in [0.1, 0.15) is 22.9 Å². The second kappa shape index (κ2) is 11.3. The van der Waals surface area contributed by atoms with Gasteiger partial charge in [-0.2, -0.15) is 9.61 Å². The number of nitrogens with one attached hydrogen (secondary N) is 2. The Labute approximate surface area is 203 Å². The molecule has 1 amide bonds. The number of rotatable bonds is 5. The smallest absolute Gasteiger partial charge is 0.274 e. The summed E-state index contributed by atoms with van der Waals surface area (Å²) in [5.41, 5.74) is 6.13. The number of carbonyl (C=O) groups excluding carboxylic acids is 1. The molecule has 2 fully saturated rings. The van der Waals surface area contributed by atoms with Gasteiger partial charge in [-0.1, -0.05) is 19.3 Å². The SMILES string of the molecule is CNc1cc(Nc2cccn(C3CCCOC3)c2=O)nc2c(C(N)=O)cnn12.OC1CCCCC1. The van der Waals surface area contributed by atoms with Gasteiger partial charge in [-0.25, -0.2) is 4.98 Å². The number of anilines is 3. The summed E-state index contributed by atoms with van der Waals surface area (Å²) in [5, 5.41) is 19.1. The average molecular weight is 484 g/mol. The Morgan fingerprint density at radius 1 is 1.23 bits per heavy atom. The van der Waals surface area contributed by atoms with Crippen molar-refractivity contribution < 1.29 is 14.6 Å². The Hall–Kier alpha value is -3.44. The van der Waals surface area contributed by atoms with Gasteiger partial charge < -0.3 is 30.8 Å². The summed E-state index contributed by atoms with van der Waals surface area (Å²) in [6.45, 7) is 1.25. The lowest BCUT2D eigenvalue weighted by Gasteiger charge is -2.24. The maximum Gasteiger partial charge on any atom is 0.274 e. The molecule has 1 atom stereocenters. The van der Waals surface area contributed by atoms with Crippen molar-refractivity contribution in [1.29, 1.82) is 0 Å². The molecule has 1 saturated heterocycles. The number of primary amides is 1. The molecule has 3 aromatic heterocycles. The van der Waals surface area contributed by atoms with Gasteiger partial charge >= 0.3 is 0 Å². The standard InChI is InChI=1S/C18H21N7O3.C6H12O/c1-20-15-8-14(23-17-12(16(19)26)9-21-25(15)17)22-13-5-2-6-24(18(13)27)11-4-3-7-28-10-11;7-6-4-2-1-3-5-6/h2,5-6,8-9,11,20H,3-4,7,10H2,1H3,(H2,19,26)(H,22,23);6-7H,1-5H2. The first-order chi connectivity index (χ1) is 17.0. The average Bonchev–Trinajstić information content (AvgIpc) is 3.31. The Kier molecular flexibility index (Phi) is 7.98. The zero-order chi connectivity index (χ0) is 24.8. The third-order valence-corrected chi connectivity index (χ3v) is 6.33. The van der Waals surface area contributed by atoms with E-state index in [1.54, 1.807) is 29.9 Å². The van der Waals surface area contributed by atoms with E-state index in [4.69, 9.17) is 15.6 Å². The van der Waals surface area contributed by atoms with Crippen LogP contribution < -0.4 is 21.9 Å². The van der Waals surface area contributed by atoms with Crippen LogP contribution in [0.1, 0.15) is 61.3 Å². The molecule has 0 spiro atoms. The first kappa shape index (κ1) is 24.7. The summed E-state index contributed by atoms with van der Waals surface area (Å²) >= 11 is 0. The molecule has 0 radical (unpaired) electrons. The Balaban J connectivity index is 0.000000356. The summed E-state index contributed by atoms with van der Waals surface area (Å²) in [5.74, 6) is 0.368. The molecule has 5 N–H and O–H groups in total. The highest BCUT2D eigenvalue weighted by Crippen LogP contribution is 2.22. The van der Waals surface area contributed by atoms with Crippen LogP contribution in [0.25, 0.3) is 5.65 Å². The van der Waals surface area contributed by atoms with Crippen molar-refractivity contribution in [2.24, 2.45) is 5.73 Å². The number of nitrogens with two attached hydrogens (primary N) is 1. The fourth-order valence-corrected chi connectivity index (χ4v) is 4.43. The van der Waals surface area contributed by atoms with E-state index in [9.17, 15) is 9.59 Å². The predicted molar refractivity (Wildman–Crippen MR) is 133 cm³/mol. The zero-order valence-electron chi connectivity index (χ0n) is 19.9. The van der Waals surface area contributed by atoms with Gasteiger partial charge in [0, 0.05) is 25.9 Å². The molecule has 11 heteroatoms. The summed E-state index contributed by atoms with van der Waals surface area (Å²) in [6.07, 6.45) is 10.9. The monoisotopic (exact) mass is 483 g/mol. The minimum absolute atomic E-state index is 0.0163. The lowest BCUT2D eigenvalue weighted by atomic mass is 9.98. The lowest BCUT2D eigenvalue weighted by Crippen LogP contribution is -2.31. The van der Waals surface area contributed by atoms with Gasteiger partial charge in [-0.15, -0.1) is 0 Å². The van der Waals surface area contributed by atoms with E-state index in [1.807, 2.05) is 6.07 Å². The van der Waals surface area contributed by atoms with Crippen molar-refractivity contribution in [1.82, 2.24) is 19.2 Å². The van der Waals surface area contributed by atoms with Crippen LogP contribution in [0.2, 0.25) is 0 Å². The number of hydrogen-bond donors (Lipinski definition) is 4. The molecule has 188 valence electrons. The van der Waals surface area contributed by atoms with Crippen LogP contribution in [0.5, 0.6) is 0 Å². The molecule has 35 heavy (non-hydrogen) atoms. The fourth-order valence-electron chi connectivity index (χ4n) is 4.43. The van der Waals surface area contributed by atoms with E-state index in [0.717, 1.165) is 32.3 Å². The summed E-state index contributed by atoms with van der Waals surface area (Å²) in [7, 11) is 1.72. The van der Waals surface area contributed by atoms with Gasteiger partial charge in [-0.05, 0) is 37.8 Å². The minimum Gasteiger partial charge on any atom is -0.393 e. The second-order valence-electron chi connectivity index (χ2n) is 8.86. The van der Waals surface area contributed by atoms with Crippen molar-refractivity contribution in [2.75, 3.05) is 30.9 Å². The van der Waals surface area contributed by atoms with E-state index in [2.05, 4.69) is 20.7 Å². The summed E-state index contributed by atoms with van der Waals surface area (Å²) in [4.78, 5) is 29.0. The van der Waals surface area contributed by atoms with Crippen LogP contribution >= 0.6 is 0 Å². The molecule has 11 nitrogen and oxygen atoms in total. The molecule has 0 aromatic carbocycles. The fraction of sp³-hybridized carbons (Fsp3) is 0.500. The van der Waals surface area contributed by atoms with Gasteiger partial charge in [0.15, 0.2) is 5.65 Å². The van der Waals surface area contributed by atoms with Crippen LogP contribution in [0, 0.1) is 0 Å². The number of fused-ring (bicyclic) bond motifs is 1. The molecule has 3 aromatic rings. The van der Waals surface area contributed by atoms with E-state index < -0.39 is 5.91 Å². The van der Waals surface area contributed by atoms with Crippen LogP contribution in [-0.4, -0.2) is 56.5 Å². The third kappa shape index (κ3) is 5.80. The van der Waals surface area contributed by atoms with Crippen molar-refractivity contribution in [3.63, 3.8) is 0 Å². The molecule has 2 aliphatic rings. The van der Waals surface area contributed by atoms with Crippen LogP contribution in [0.3, 0.4) is 0 Å². The predicted octanol–water partition coefficient (Wildman–Crippen LogP) is 2.44. The summed E-state index contributed by atoms with van der Waals surface area (Å²) in [6, 6.07) is 5.22. The molecule has 1 saturated carbocycles. The first-order valence-corrected chi connectivity index (χ1v) is 12.1. The van der Waals surface area contributed by atoms with E-state index in [0.29, 0.717) is 29.6 Å². The summed E-state index contributed by atoms with van der Waals surface area (Å²) < 4.78 is 8.67. The Bertz CT molecular complexity index is 1210. The van der Waals surface area contributed by atoms with E-state index in [1.165, 1.54) is 30.0 Å². The highest BCUT2D eigenvalue weighted by Gasteiger charge is 2.19. The minimum atomic E-state index is -0.624. The lowest BCUT2D eigenvalue weighted by molar-refractivity contribution is 0.0581. The Morgan fingerprint density at radius 3 is 2.66 bits per heavy atom. The number of ether oxygens (including phenoxy) is 1. The number of nitrogens with zero attached hydrogens (tertiary/aromatic N) is 4. The number of aromatic nitrogens is 4.